The number of aromatic nitrogens is 3. The predicted molar refractivity (Wildman–Crippen MR) is 123 cm³/mol. The maximum Gasteiger partial charge on any atom is 0.276 e. The Morgan fingerprint density at radius 3 is 2.56 bits per heavy atom. The van der Waals surface area contributed by atoms with Gasteiger partial charge in [0.25, 0.3) is 5.91 Å². The van der Waals surface area contributed by atoms with Crippen molar-refractivity contribution in [3.05, 3.63) is 76.6 Å². The third kappa shape index (κ3) is 5.19. The van der Waals surface area contributed by atoms with Gasteiger partial charge in [-0.05, 0) is 53.6 Å². The Balaban J connectivity index is 1.72. The van der Waals surface area contributed by atoms with Gasteiger partial charge < -0.3 is 10.2 Å². The van der Waals surface area contributed by atoms with Crippen LogP contribution in [0.1, 0.15) is 65.8 Å². The minimum absolute atomic E-state index is 0.149. The fraction of sp³-hybridized carbons (Fsp3) is 0.375. The molecule has 0 bridgehead atoms. The predicted octanol–water partition coefficient (Wildman–Crippen LogP) is 3.94. The largest absolute Gasteiger partial charge is 0.351 e. The molecule has 1 fully saturated rings. The molecular weight excluding hydrogens is 422 g/mol. The molecule has 4 rings (SSSR count). The molecule has 1 atom stereocenters. The zero-order valence-electron chi connectivity index (χ0n) is 18.1. The van der Waals surface area contributed by atoms with Gasteiger partial charge in [-0.2, -0.15) is 0 Å². The smallest absolute Gasteiger partial charge is 0.276 e. The average Bonchev–Trinajstić information content (AvgIpc) is 3.54. The molecule has 0 aliphatic heterocycles. The Hall–Kier alpha value is -3.13. The van der Waals surface area contributed by atoms with Crippen LogP contribution in [0.2, 0.25) is 0 Å². The van der Waals surface area contributed by atoms with Crippen LogP contribution >= 0.6 is 11.5 Å². The number of aryl methyl sites for hydroxylation is 1. The van der Waals surface area contributed by atoms with E-state index in [0.29, 0.717) is 0 Å². The molecule has 7 nitrogen and oxygen atoms in total. The summed E-state index contributed by atoms with van der Waals surface area (Å²) in [6.45, 7) is 2.33. The van der Waals surface area contributed by atoms with E-state index in [2.05, 4.69) is 26.8 Å². The number of hydrogen-bond acceptors (Lipinski definition) is 6. The third-order valence-corrected chi connectivity index (χ3v) is 6.39. The Bertz CT molecular complexity index is 1020. The van der Waals surface area contributed by atoms with Gasteiger partial charge in [0.15, 0.2) is 5.69 Å². The highest BCUT2D eigenvalue weighted by Crippen LogP contribution is 2.27. The van der Waals surface area contributed by atoms with Crippen LogP contribution in [0, 0.1) is 0 Å². The van der Waals surface area contributed by atoms with Gasteiger partial charge in [-0.1, -0.05) is 54.6 Å². The van der Waals surface area contributed by atoms with E-state index >= 15 is 0 Å². The summed E-state index contributed by atoms with van der Waals surface area (Å²) < 4.78 is 3.85. The van der Waals surface area contributed by atoms with Crippen molar-refractivity contribution in [2.45, 2.75) is 57.7 Å². The molecule has 2 aromatic heterocycles. The molecular formula is C24H27N5O2S. The second-order valence-corrected chi connectivity index (χ2v) is 8.68. The molecule has 2 heterocycles. The van der Waals surface area contributed by atoms with Crippen LogP contribution in [0.4, 0.5) is 0 Å². The van der Waals surface area contributed by atoms with Gasteiger partial charge in [0, 0.05) is 30.4 Å². The standard InChI is InChI=1S/C24H27N5O2S/c1-2-17-9-11-19(12-10-17)22(23(30)26-20-7-3-4-8-20)29(15-18-6-5-13-25-14-18)24(31)21-16-32-28-27-21/h5-6,9-14,16,20,22H,2-4,7-8,15H2,1H3,(H,26,30)/t22-/m0/s1. The first-order valence-corrected chi connectivity index (χ1v) is 11.9. The number of nitrogens with one attached hydrogen (secondary N) is 1. The maximum absolute atomic E-state index is 13.6. The fourth-order valence-corrected chi connectivity index (χ4v) is 4.56. The van der Waals surface area contributed by atoms with Crippen molar-refractivity contribution in [3.63, 3.8) is 0 Å². The van der Waals surface area contributed by atoms with Crippen LogP contribution in [0.25, 0.3) is 0 Å². The molecule has 166 valence electrons. The number of amides is 2. The molecule has 1 aliphatic carbocycles. The zero-order valence-corrected chi connectivity index (χ0v) is 18.9. The highest BCUT2D eigenvalue weighted by molar-refractivity contribution is 7.03. The number of carbonyl (C=O) groups excluding carboxylic acids is 2. The topological polar surface area (TPSA) is 88.1 Å². The fourth-order valence-electron chi connectivity index (χ4n) is 4.13. The lowest BCUT2D eigenvalue weighted by atomic mass is 10.00. The minimum Gasteiger partial charge on any atom is -0.351 e. The van der Waals surface area contributed by atoms with Crippen molar-refractivity contribution in [2.24, 2.45) is 0 Å². The molecule has 3 aromatic rings. The van der Waals surface area contributed by atoms with Crippen LogP contribution in [0.15, 0.2) is 54.2 Å². The van der Waals surface area contributed by atoms with E-state index in [1.54, 1.807) is 22.7 Å². The van der Waals surface area contributed by atoms with E-state index in [-0.39, 0.29) is 30.1 Å². The lowest BCUT2D eigenvalue weighted by molar-refractivity contribution is -0.126. The normalized spacial score (nSPS) is 14.8. The Morgan fingerprint density at radius 2 is 1.94 bits per heavy atom. The van der Waals surface area contributed by atoms with Crippen LogP contribution in [0.3, 0.4) is 0 Å². The molecule has 1 N–H and O–H groups in total. The summed E-state index contributed by atoms with van der Waals surface area (Å²) >= 11 is 1.12. The van der Waals surface area contributed by atoms with Crippen LogP contribution in [0.5, 0.6) is 0 Å². The number of carbonyl (C=O) groups is 2. The van der Waals surface area contributed by atoms with Crippen molar-refractivity contribution in [1.29, 1.82) is 0 Å². The van der Waals surface area contributed by atoms with E-state index in [1.807, 2.05) is 36.4 Å². The van der Waals surface area contributed by atoms with Gasteiger partial charge in [0.05, 0.1) is 0 Å². The summed E-state index contributed by atoms with van der Waals surface area (Å²) in [6, 6.07) is 11.0. The SMILES string of the molecule is CCc1ccc([C@@H](C(=O)NC2CCCC2)N(Cc2cccnc2)C(=O)c2csnn2)cc1. The van der Waals surface area contributed by atoms with Gasteiger partial charge in [-0.25, -0.2) is 0 Å². The first-order valence-electron chi connectivity index (χ1n) is 11.0. The van der Waals surface area contributed by atoms with Crippen molar-refractivity contribution in [3.8, 4) is 0 Å². The van der Waals surface area contributed by atoms with Crippen molar-refractivity contribution in [2.75, 3.05) is 0 Å². The molecule has 0 spiro atoms. The van der Waals surface area contributed by atoms with E-state index in [4.69, 9.17) is 0 Å². The average molecular weight is 450 g/mol. The second-order valence-electron chi connectivity index (χ2n) is 8.07. The summed E-state index contributed by atoms with van der Waals surface area (Å²) in [4.78, 5) is 32.9. The number of nitrogens with zero attached hydrogens (tertiary/aromatic N) is 4. The van der Waals surface area contributed by atoms with Crippen LogP contribution in [-0.4, -0.2) is 37.3 Å². The first kappa shape index (κ1) is 22.1. The zero-order chi connectivity index (χ0) is 22.3. The summed E-state index contributed by atoms with van der Waals surface area (Å²) in [7, 11) is 0. The summed E-state index contributed by atoms with van der Waals surface area (Å²) in [5.41, 5.74) is 3.03. The lowest BCUT2D eigenvalue weighted by Gasteiger charge is -2.32. The van der Waals surface area contributed by atoms with Crippen LogP contribution in [-0.2, 0) is 17.8 Å². The monoisotopic (exact) mass is 449 g/mol. The van der Waals surface area contributed by atoms with E-state index < -0.39 is 6.04 Å². The van der Waals surface area contributed by atoms with E-state index in [0.717, 1.165) is 54.8 Å². The molecule has 1 aliphatic rings. The molecule has 8 heteroatoms. The van der Waals surface area contributed by atoms with Crippen molar-refractivity contribution >= 4 is 23.3 Å². The van der Waals surface area contributed by atoms with Crippen molar-refractivity contribution < 1.29 is 9.59 Å². The molecule has 2 amide bonds. The molecule has 32 heavy (non-hydrogen) atoms. The van der Waals surface area contributed by atoms with Gasteiger partial charge in [-0.15, -0.1) is 5.10 Å². The van der Waals surface area contributed by atoms with Gasteiger partial charge in [0.2, 0.25) is 5.91 Å². The number of hydrogen-bond donors (Lipinski definition) is 1. The highest BCUT2D eigenvalue weighted by atomic mass is 32.1. The summed E-state index contributed by atoms with van der Waals surface area (Å²) in [5.74, 6) is -0.490. The van der Waals surface area contributed by atoms with Crippen molar-refractivity contribution in [1.82, 2.24) is 24.8 Å². The second kappa shape index (κ2) is 10.5. The summed E-state index contributed by atoms with van der Waals surface area (Å²) in [5, 5.41) is 8.78. The molecule has 0 radical (unpaired) electrons. The molecule has 0 saturated heterocycles. The third-order valence-electron chi connectivity index (χ3n) is 5.88. The first-order chi connectivity index (χ1) is 15.7. The Labute approximate surface area is 192 Å². The number of benzene rings is 1. The Kier molecular flexibility index (Phi) is 7.21. The number of rotatable bonds is 8. The lowest BCUT2D eigenvalue weighted by Crippen LogP contribution is -2.46. The highest BCUT2D eigenvalue weighted by Gasteiger charge is 2.34. The molecule has 1 aromatic carbocycles. The summed E-state index contributed by atoms with van der Waals surface area (Å²) in [6.07, 6.45) is 8.48. The molecule has 0 unspecified atom stereocenters. The maximum atomic E-state index is 13.6. The Morgan fingerprint density at radius 1 is 1.16 bits per heavy atom. The van der Waals surface area contributed by atoms with Crippen LogP contribution < -0.4 is 5.32 Å². The quantitative estimate of drug-likeness (QED) is 0.563. The van der Waals surface area contributed by atoms with E-state index in [1.165, 1.54) is 5.56 Å². The number of pyridine rings is 1. The minimum atomic E-state index is -0.782. The van der Waals surface area contributed by atoms with Gasteiger partial charge >= 0.3 is 0 Å². The van der Waals surface area contributed by atoms with Gasteiger partial charge in [-0.3, -0.25) is 14.6 Å². The van der Waals surface area contributed by atoms with Gasteiger partial charge in [0.1, 0.15) is 6.04 Å². The molecule has 1 saturated carbocycles. The van der Waals surface area contributed by atoms with E-state index in [9.17, 15) is 9.59 Å².